The third-order valence-corrected chi connectivity index (χ3v) is 7.38. The molecule has 208 valence electrons. The van der Waals surface area contributed by atoms with Gasteiger partial charge in [0.1, 0.15) is 5.60 Å². The monoisotopic (exact) mass is 571 g/mol. The molecule has 0 aliphatic heterocycles. The van der Waals surface area contributed by atoms with E-state index >= 15 is 0 Å². The first kappa shape index (κ1) is 29.0. The van der Waals surface area contributed by atoms with Crippen LogP contribution in [0.15, 0.2) is 36.5 Å². The van der Waals surface area contributed by atoms with Crippen LogP contribution in [0.25, 0.3) is 22.0 Å². The molecule has 1 amide bonds. The fourth-order valence-corrected chi connectivity index (χ4v) is 5.31. The number of phenolic OH excluding ortho intramolecular Hbond substituents is 1. The molecule has 1 heterocycles. The number of ketones is 1. The molecule has 1 saturated carbocycles. The first-order valence-electron chi connectivity index (χ1n) is 13.2. The van der Waals surface area contributed by atoms with E-state index in [1.165, 1.54) is 0 Å². The summed E-state index contributed by atoms with van der Waals surface area (Å²) in [5.74, 6) is -0.349. The number of fused-ring (bicyclic) bond motifs is 1. The molecule has 3 aromatic rings. The molecule has 9 heteroatoms. The van der Waals surface area contributed by atoms with Gasteiger partial charge in [-0.15, -0.1) is 0 Å². The van der Waals surface area contributed by atoms with Crippen LogP contribution in [-0.4, -0.2) is 39.7 Å². The molecule has 0 atom stereocenters. The SMILES string of the molecule is CC(C)C(=O)c1cnc2ccc(-c3cc(Cl)c(O)c(Cl)c3)cc2c1NC1CCC(NC(=O)OC(C)(C)C)CC1. The van der Waals surface area contributed by atoms with E-state index in [-0.39, 0.29) is 39.6 Å². The summed E-state index contributed by atoms with van der Waals surface area (Å²) in [4.78, 5) is 30.0. The molecule has 1 aliphatic carbocycles. The van der Waals surface area contributed by atoms with Crippen LogP contribution in [-0.2, 0) is 4.74 Å². The number of alkyl carbamates (subject to hydrolysis) is 1. The summed E-state index contributed by atoms with van der Waals surface area (Å²) in [5.41, 5.74) is 3.07. The Labute approximate surface area is 239 Å². The fourth-order valence-electron chi connectivity index (χ4n) is 4.82. The van der Waals surface area contributed by atoms with Crippen molar-refractivity contribution in [3.63, 3.8) is 0 Å². The first-order valence-corrected chi connectivity index (χ1v) is 14.0. The van der Waals surface area contributed by atoms with E-state index in [9.17, 15) is 14.7 Å². The van der Waals surface area contributed by atoms with Gasteiger partial charge < -0.3 is 20.5 Å². The van der Waals surface area contributed by atoms with E-state index in [1.807, 2.05) is 52.8 Å². The van der Waals surface area contributed by atoms with E-state index in [0.29, 0.717) is 5.56 Å². The van der Waals surface area contributed by atoms with E-state index in [0.717, 1.165) is 53.4 Å². The van der Waals surface area contributed by atoms with Crippen molar-refractivity contribution in [3.05, 3.63) is 52.1 Å². The summed E-state index contributed by atoms with van der Waals surface area (Å²) in [7, 11) is 0. The smallest absolute Gasteiger partial charge is 0.407 e. The molecular formula is C30H35Cl2N3O4. The Hall–Kier alpha value is -3.03. The highest BCUT2D eigenvalue weighted by molar-refractivity contribution is 6.37. The van der Waals surface area contributed by atoms with Gasteiger partial charge >= 0.3 is 6.09 Å². The Balaban J connectivity index is 1.63. The molecule has 0 saturated heterocycles. The van der Waals surface area contributed by atoms with E-state index in [4.69, 9.17) is 27.9 Å². The maximum Gasteiger partial charge on any atom is 0.407 e. The molecule has 1 aliphatic rings. The second kappa shape index (κ2) is 11.6. The minimum absolute atomic E-state index is 0.00769. The quantitative estimate of drug-likeness (QED) is 0.259. The number of aromatic hydroxyl groups is 1. The van der Waals surface area contributed by atoms with Gasteiger partial charge in [0.15, 0.2) is 11.5 Å². The zero-order valence-corrected chi connectivity index (χ0v) is 24.4. The van der Waals surface area contributed by atoms with Crippen LogP contribution in [0.1, 0.15) is 70.7 Å². The lowest BCUT2D eigenvalue weighted by atomic mass is 9.90. The Morgan fingerprint density at radius 1 is 1.00 bits per heavy atom. The average molecular weight is 573 g/mol. The lowest BCUT2D eigenvalue weighted by Gasteiger charge is -2.31. The van der Waals surface area contributed by atoms with Crippen LogP contribution in [0.3, 0.4) is 0 Å². The largest absolute Gasteiger partial charge is 0.505 e. The molecule has 2 aromatic carbocycles. The van der Waals surface area contributed by atoms with Gasteiger partial charge in [-0.05, 0) is 81.8 Å². The lowest BCUT2D eigenvalue weighted by Crippen LogP contribution is -2.42. The molecule has 1 fully saturated rings. The van der Waals surface area contributed by atoms with Crippen LogP contribution in [0, 0.1) is 5.92 Å². The van der Waals surface area contributed by atoms with Crippen LogP contribution >= 0.6 is 23.2 Å². The van der Waals surface area contributed by atoms with Crippen LogP contribution in [0.5, 0.6) is 5.75 Å². The maximum absolute atomic E-state index is 13.2. The topological polar surface area (TPSA) is 101 Å². The summed E-state index contributed by atoms with van der Waals surface area (Å²) >= 11 is 12.4. The van der Waals surface area contributed by atoms with Gasteiger partial charge in [0.25, 0.3) is 0 Å². The summed E-state index contributed by atoms with van der Waals surface area (Å²) in [6, 6.07) is 9.26. The number of anilines is 1. The number of carbonyl (C=O) groups is 2. The zero-order valence-electron chi connectivity index (χ0n) is 22.9. The van der Waals surface area contributed by atoms with Gasteiger partial charge in [0.05, 0.1) is 26.8 Å². The number of ether oxygens (including phenoxy) is 1. The zero-order chi connectivity index (χ0) is 28.5. The predicted molar refractivity (Wildman–Crippen MR) is 157 cm³/mol. The summed E-state index contributed by atoms with van der Waals surface area (Å²) in [6.07, 6.45) is 4.49. The summed E-state index contributed by atoms with van der Waals surface area (Å²) in [5, 5.41) is 17.8. The molecule has 7 nitrogen and oxygen atoms in total. The summed E-state index contributed by atoms with van der Waals surface area (Å²) in [6.45, 7) is 9.29. The predicted octanol–water partition coefficient (Wildman–Crippen LogP) is 8.00. The fraction of sp³-hybridized carbons (Fsp3) is 0.433. The minimum Gasteiger partial charge on any atom is -0.505 e. The Bertz CT molecular complexity index is 1370. The molecule has 0 bridgehead atoms. The second-order valence-electron chi connectivity index (χ2n) is 11.4. The summed E-state index contributed by atoms with van der Waals surface area (Å²) < 4.78 is 5.40. The van der Waals surface area contributed by atoms with Crippen molar-refractivity contribution in [1.29, 1.82) is 0 Å². The Morgan fingerprint density at radius 2 is 1.62 bits per heavy atom. The van der Waals surface area contributed by atoms with Crippen molar-refractivity contribution in [2.45, 2.75) is 78.0 Å². The molecule has 1 aromatic heterocycles. The number of nitrogens with zero attached hydrogens (tertiary/aromatic N) is 1. The highest BCUT2D eigenvalue weighted by Gasteiger charge is 2.27. The van der Waals surface area contributed by atoms with Crippen molar-refractivity contribution < 1.29 is 19.4 Å². The van der Waals surface area contributed by atoms with Crippen molar-refractivity contribution >= 4 is 51.7 Å². The van der Waals surface area contributed by atoms with E-state index in [1.54, 1.807) is 18.3 Å². The number of hydrogen-bond acceptors (Lipinski definition) is 6. The molecular weight excluding hydrogens is 537 g/mol. The van der Waals surface area contributed by atoms with E-state index in [2.05, 4.69) is 15.6 Å². The van der Waals surface area contributed by atoms with Crippen molar-refractivity contribution in [3.8, 4) is 16.9 Å². The van der Waals surface area contributed by atoms with Crippen LogP contribution in [0.4, 0.5) is 10.5 Å². The number of amides is 1. The number of Topliss-reactive ketones (excluding diaryl/α,β-unsaturated/α-hetero) is 1. The number of benzene rings is 2. The number of halogens is 2. The molecule has 4 rings (SSSR count). The normalized spacial score (nSPS) is 17.7. The maximum atomic E-state index is 13.2. The molecule has 3 N–H and O–H groups in total. The van der Waals surface area contributed by atoms with E-state index < -0.39 is 11.7 Å². The van der Waals surface area contributed by atoms with Gasteiger partial charge in [0.2, 0.25) is 0 Å². The van der Waals surface area contributed by atoms with Gasteiger partial charge in [-0.3, -0.25) is 9.78 Å². The molecule has 0 spiro atoms. The number of rotatable bonds is 6. The van der Waals surface area contributed by atoms with Crippen molar-refractivity contribution in [2.24, 2.45) is 5.92 Å². The highest BCUT2D eigenvalue weighted by atomic mass is 35.5. The van der Waals surface area contributed by atoms with Crippen molar-refractivity contribution in [1.82, 2.24) is 10.3 Å². The van der Waals surface area contributed by atoms with Gasteiger partial charge in [-0.25, -0.2) is 4.79 Å². The molecule has 0 radical (unpaired) electrons. The van der Waals surface area contributed by atoms with Gasteiger partial charge in [0, 0.05) is 29.6 Å². The number of hydrogen-bond donors (Lipinski definition) is 3. The lowest BCUT2D eigenvalue weighted by molar-refractivity contribution is 0.0492. The Kier molecular flexibility index (Phi) is 8.62. The molecule has 0 unspecified atom stereocenters. The minimum atomic E-state index is -0.541. The second-order valence-corrected chi connectivity index (χ2v) is 12.2. The molecule has 39 heavy (non-hydrogen) atoms. The average Bonchev–Trinajstić information content (AvgIpc) is 2.86. The number of phenols is 1. The highest BCUT2D eigenvalue weighted by Crippen LogP contribution is 2.39. The number of nitrogens with one attached hydrogen (secondary N) is 2. The number of carbonyl (C=O) groups excluding carboxylic acids is 2. The van der Waals surface area contributed by atoms with Gasteiger partial charge in [-0.1, -0.05) is 43.1 Å². The number of pyridine rings is 1. The number of aromatic nitrogens is 1. The van der Waals surface area contributed by atoms with Crippen LogP contribution < -0.4 is 10.6 Å². The van der Waals surface area contributed by atoms with Crippen LogP contribution in [0.2, 0.25) is 10.0 Å². The van der Waals surface area contributed by atoms with Gasteiger partial charge in [-0.2, -0.15) is 0 Å². The Morgan fingerprint density at radius 3 is 2.21 bits per heavy atom. The third kappa shape index (κ3) is 6.95. The third-order valence-electron chi connectivity index (χ3n) is 6.80. The first-order chi connectivity index (χ1) is 18.3. The standard InChI is InChI=1S/C30H35Cl2N3O4/c1-16(2)27(36)22-15-33-25-11-6-17(18-13-23(31)28(37)24(32)14-18)12-21(25)26(22)34-19-7-9-20(10-8-19)35-29(38)39-30(3,4)5/h6,11-16,19-20,37H,7-10H2,1-5H3,(H,33,34)(H,35,38). The van der Waals surface area contributed by atoms with Crippen molar-refractivity contribution in [2.75, 3.05) is 5.32 Å².